The van der Waals surface area contributed by atoms with Crippen molar-refractivity contribution in [2.45, 2.75) is 31.5 Å². The van der Waals surface area contributed by atoms with Crippen molar-refractivity contribution in [1.82, 2.24) is 15.2 Å². The Balaban J connectivity index is 1.70. The Labute approximate surface area is 183 Å². The minimum atomic E-state index is -1.47. The maximum absolute atomic E-state index is 13.3. The number of aliphatic carboxylic acids is 1. The van der Waals surface area contributed by atoms with E-state index in [0.717, 1.165) is 22.2 Å². The number of nitrogens with zero attached hydrogens (tertiary/aromatic N) is 1. The number of hydrogen-bond donors (Lipinski definition) is 4. The monoisotopic (exact) mass is 434 g/mol. The molecule has 164 valence electrons. The molecule has 5 N–H and O–H groups in total. The number of aromatic amines is 1. The lowest BCUT2D eigenvalue weighted by molar-refractivity contribution is -0.144. The number of fused-ring (bicyclic) bond motifs is 3. The maximum atomic E-state index is 13.3. The SMILES string of the molecule is NC(=O)C[C@H](NC(=O)[C@H]1Cc2c([nH]c3ccccc23)CN1C(=O)c1ccccc1)C(=O)O. The van der Waals surface area contributed by atoms with Crippen LogP contribution >= 0.6 is 0 Å². The Kier molecular flexibility index (Phi) is 5.63. The third-order valence-electron chi connectivity index (χ3n) is 5.61. The first-order chi connectivity index (χ1) is 15.3. The topological polar surface area (TPSA) is 146 Å². The highest BCUT2D eigenvalue weighted by Crippen LogP contribution is 2.31. The molecule has 0 saturated heterocycles. The second-order valence-electron chi connectivity index (χ2n) is 7.72. The fourth-order valence-corrected chi connectivity index (χ4v) is 4.07. The first-order valence-electron chi connectivity index (χ1n) is 10.1. The molecule has 0 spiro atoms. The van der Waals surface area contributed by atoms with Crippen LogP contribution < -0.4 is 11.1 Å². The van der Waals surface area contributed by atoms with Gasteiger partial charge in [-0.2, -0.15) is 0 Å². The Morgan fingerprint density at radius 2 is 1.78 bits per heavy atom. The van der Waals surface area contributed by atoms with E-state index in [-0.39, 0.29) is 18.9 Å². The number of aromatic nitrogens is 1. The van der Waals surface area contributed by atoms with E-state index >= 15 is 0 Å². The summed E-state index contributed by atoms with van der Waals surface area (Å²) in [6.07, 6.45) is -0.342. The zero-order chi connectivity index (χ0) is 22.8. The van der Waals surface area contributed by atoms with Crippen molar-refractivity contribution in [2.75, 3.05) is 0 Å². The van der Waals surface area contributed by atoms with E-state index in [2.05, 4.69) is 10.3 Å². The zero-order valence-electron chi connectivity index (χ0n) is 17.1. The number of carbonyl (C=O) groups is 4. The third-order valence-corrected chi connectivity index (χ3v) is 5.61. The van der Waals surface area contributed by atoms with Crippen LogP contribution in [0.25, 0.3) is 10.9 Å². The summed E-state index contributed by atoms with van der Waals surface area (Å²) in [6.45, 7) is 0.156. The van der Waals surface area contributed by atoms with Crippen LogP contribution in [0, 0.1) is 0 Å². The largest absolute Gasteiger partial charge is 0.480 e. The molecular formula is C23H22N4O5. The molecule has 2 atom stereocenters. The van der Waals surface area contributed by atoms with E-state index in [4.69, 9.17) is 5.73 Å². The number of nitrogens with two attached hydrogens (primary N) is 1. The van der Waals surface area contributed by atoms with Crippen molar-refractivity contribution < 1.29 is 24.3 Å². The molecule has 2 heterocycles. The molecule has 1 aromatic heterocycles. The Bertz CT molecular complexity index is 1200. The van der Waals surface area contributed by atoms with Gasteiger partial charge in [-0.25, -0.2) is 4.79 Å². The summed E-state index contributed by atoms with van der Waals surface area (Å²) in [6, 6.07) is 13.8. The Hall–Kier alpha value is -4.14. The lowest BCUT2D eigenvalue weighted by atomic mass is 9.94. The molecule has 1 aliphatic heterocycles. The van der Waals surface area contributed by atoms with Crippen LogP contribution in [0.3, 0.4) is 0 Å². The average Bonchev–Trinajstić information content (AvgIpc) is 3.15. The van der Waals surface area contributed by atoms with Crippen LogP contribution in [0.5, 0.6) is 0 Å². The number of carboxylic acids is 1. The zero-order valence-corrected chi connectivity index (χ0v) is 17.1. The van der Waals surface area contributed by atoms with Gasteiger partial charge in [0.2, 0.25) is 11.8 Å². The number of rotatable bonds is 6. The standard InChI is InChI=1S/C23H22N4O5/c24-20(28)11-17(23(31)32)26-21(29)19-10-15-14-8-4-5-9-16(14)25-18(15)12-27(19)22(30)13-6-2-1-3-7-13/h1-9,17,19,25H,10-12H2,(H2,24,28)(H,26,29)(H,31,32)/t17-,19+/m0/s1. The second kappa shape index (κ2) is 8.54. The van der Waals surface area contributed by atoms with Gasteiger partial charge in [0.05, 0.1) is 13.0 Å². The van der Waals surface area contributed by atoms with Crippen LogP contribution in [-0.2, 0) is 27.3 Å². The summed E-state index contributed by atoms with van der Waals surface area (Å²) < 4.78 is 0. The Morgan fingerprint density at radius 1 is 1.09 bits per heavy atom. The molecule has 1 aliphatic rings. The molecule has 0 bridgehead atoms. The number of nitrogens with one attached hydrogen (secondary N) is 2. The van der Waals surface area contributed by atoms with Crippen LogP contribution in [-0.4, -0.2) is 50.8 Å². The summed E-state index contributed by atoms with van der Waals surface area (Å²) >= 11 is 0. The molecule has 0 unspecified atom stereocenters. The highest BCUT2D eigenvalue weighted by molar-refractivity contribution is 5.99. The maximum Gasteiger partial charge on any atom is 0.326 e. The van der Waals surface area contributed by atoms with Gasteiger partial charge in [0.25, 0.3) is 5.91 Å². The van der Waals surface area contributed by atoms with Gasteiger partial charge >= 0.3 is 5.97 Å². The lowest BCUT2D eigenvalue weighted by Crippen LogP contribution is -2.56. The number of benzene rings is 2. The second-order valence-corrected chi connectivity index (χ2v) is 7.72. The summed E-state index contributed by atoms with van der Waals surface area (Å²) in [5.41, 5.74) is 8.16. The fraction of sp³-hybridized carbons (Fsp3) is 0.217. The van der Waals surface area contributed by atoms with Gasteiger partial charge in [0.1, 0.15) is 12.1 Å². The van der Waals surface area contributed by atoms with Gasteiger partial charge in [-0.3, -0.25) is 14.4 Å². The molecule has 2 aromatic carbocycles. The normalized spacial score (nSPS) is 16.2. The van der Waals surface area contributed by atoms with E-state index < -0.39 is 36.3 Å². The third kappa shape index (κ3) is 4.04. The van der Waals surface area contributed by atoms with Crippen LogP contribution in [0.1, 0.15) is 28.0 Å². The first kappa shape index (κ1) is 21.1. The predicted molar refractivity (Wildman–Crippen MR) is 115 cm³/mol. The Morgan fingerprint density at radius 3 is 2.47 bits per heavy atom. The molecule has 0 saturated carbocycles. The average molecular weight is 434 g/mol. The number of amides is 3. The van der Waals surface area contributed by atoms with Crippen LogP contribution in [0.4, 0.5) is 0 Å². The van der Waals surface area contributed by atoms with Crippen molar-refractivity contribution in [3.8, 4) is 0 Å². The van der Waals surface area contributed by atoms with E-state index in [9.17, 15) is 24.3 Å². The molecule has 0 fully saturated rings. The molecule has 3 amide bonds. The minimum absolute atomic E-state index is 0.156. The smallest absolute Gasteiger partial charge is 0.326 e. The van der Waals surface area contributed by atoms with Gasteiger partial charge < -0.3 is 26.0 Å². The molecule has 0 radical (unpaired) electrons. The molecular weight excluding hydrogens is 412 g/mol. The van der Waals surface area contributed by atoms with E-state index in [1.54, 1.807) is 30.3 Å². The number of para-hydroxylation sites is 1. The molecule has 9 nitrogen and oxygen atoms in total. The van der Waals surface area contributed by atoms with Crippen LogP contribution in [0.15, 0.2) is 54.6 Å². The van der Waals surface area contributed by atoms with E-state index in [0.29, 0.717) is 5.56 Å². The summed E-state index contributed by atoms with van der Waals surface area (Å²) in [5.74, 6) is -3.23. The van der Waals surface area contributed by atoms with E-state index in [1.807, 2.05) is 24.3 Å². The molecule has 9 heteroatoms. The number of primary amides is 1. The highest BCUT2D eigenvalue weighted by Gasteiger charge is 2.38. The van der Waals surface area contributed by atoms with Gasteiger partial charge in [-0.15, -0.1) is 0 Å². The van der Waals surface area contributed by atoms with Gasteiger partial charge in [0, 0.05) is 28.6 Å². The number of hydrogen-bond acceptors (Lipinski definition) is 4. The van der Waals surface area contributed by atoms with Crippen molar-refractivity contribution in [2.24, 2.45) is 5.73 Å². The quantitative estimate of drug-likeness (QED) is 0.460. The summed E-state index contributed by atoms with van der Waals surface area (Å²) in [4.78, 5) is 54.0. The fourth-order valence-electron chi connectivity index (χ4n) is 4.07. The van der Waals surface area contributed by atoms with Crippen LogP contribution in [0.2, 0.25) is 0 Å². The lowest BCUT2D eigenvalue weighted by Gasteiger charge is -2.35. The summed E-state index contributed by atoms with van der Waals surface area (Å²) in [7, 11) is 0. The van der Waals surface area contributed by atoms with Crippen molar-refractivity contribution in [3.05, 3.63) is 71.4 Å². The minimum Gasteiger partial charge on any atom is -0.480 e. The predicted octanol–water partition coefficient (Wildman–Crippen LogP) is 1.18. The molecule has 0 aliphatic carbocycles. The first-order valence-corrected chi connectivity index (χ1v) is 10.1. The van der Waals surface area contributed by atoms with Crippen molar-refractivity contribution >= 4 is 34.6 Å². The number of carbonyl (C=O) groups excluding carboxylic acids is 3. The van der Waals surface area contributed by atoms with E-state index in [1.165, 1.54) is 4.90 Å². The highest BCUT2D eigenvalue weighted by atomic mass is 16.4. The van der Waals surface area contributed by atoms with Crippen molar-refractivity contribution in [1.29, 1.82) is 0 Å². The van der Waals surface area contributed by atoms with Gasteiger partial charge in [-0.1, -0.05) is 36.4 Å². The number of H-pyrrole nitrogens is 1. The van der Waals surface area contributed by atoms with Gasteiger partial charge in [0.15, 0.2) is 0 Å². The molecule has 32 heavy (non-hydrogen) atoms. The summed E-state index contributed by atoms with van der Waals surface area (Å²) in [5, 5.41) is 12.7. The number of carboxylic acid groups (broad SMARTS) is 1. The van der Waals surface area contributed by atoms with Gasteiger partial charge in [-0.05, 0) is 23.8 Å². The molecule has 4 rings (SSSR count). The molecule has 3 aromatic rings. The van der Waals surface area contributed by atoms with Crippen molar-refractivity contribution in [3.63, 3.8) is 0 Å².